The Hall–Kier alpha value is -0.960. The topological polar surface area (TPSA) is 37.3 Å². The second-order valence-corrected chi connectivity index (χ2v) is 4.15. The van der Waals surface area contributed by atoms with E-state index >= 15 is 0 Å². The quantitative estimate of drug-likeness (QED) is 0.776. The van der Waals surface area contributed by atoms with Crippen LogP contribution in [0.4, 0.5) is 0 Å². The van der Waals surface area contributed by atoms with E-state index in [4.69, 9.17) is 5.11 Å². The summed E-state index contributed by atoms with van der Waals surface area (Å²) in [6, 6.07) is 8.05. The van der Waals surface area contributed by atoms with Crippen LogP contribution in [0.2, 0.25) is 0 Å². The van der Waals surface area contributed by atoms with Gasteiger partial charge in [-0.15, -0.1) is 11.8 Å². The maximum Gasteiger partial charge on any atom is 0.303 e. The van der Waals surface area contributed by atoms with Crippen molar-refractivity contribution in [3.8, 4) is 0 Å². The van der Waals surface area contributed by atoms with Crippen molar-refractivity contribution < 1.29 is 9.90 Å². The molecule has 0 aliphatic heterocycles. The van der Waals surface area contributed by atoms with Crippen molar-refractivity contribution in [3.63, 3.8) is 0 Å². The highest BCUT2D eigenvalue weighted by molar-refractivity contribution is 7.98. The van der Waals surface area contributed by atoms with Gasteiger partial charge in [-0.1, -0.05) is 19.1 Å². The van der Waals surface area contributed by atoms with Gasteiger partial charge in [-0.25, -0.2) is 0 Å². The van der Waals surface area contributed by atoms with Crippen molar-refractivity contribution in [2.24, 2.45) is 0 Å². The molecule has 1 aromatic carbocycles. The Bertz CT molecular complexity index is 306. The second-order valence-electron chi connectivity index (χ2n) is 3.27. The fourth-order valence-electron chi connectivity index (χ4n) is 1.31. The molecule has 0 spiro atoms. The van der Waals surface area contributed by atoms with Gasteiger partial charge in [-0.05, 0) is 29.9 Å². The zero-order chi connectivity index (χ0) is 10.6. The number of carbonyl (C=O) groups is 1. The highest BCUT2D eigenvalue weighted by atomic mass is 32.2. The normalized spacial score (nSPS) is 12.4. The molecule has 14 heavy (non-hydrogen) atoms. The summed E-state index contributed by atoms with van der Waals surface area (Å²) < 4.78 is 0. The van der Waals surface area contributed by atoms with Gasteiger partial charge in [0.2, 0.25) is 0 Å². The van der Waals surface area contributed by atoms with Crippen LogP contribution in [0.1, 0.15) is 24.8 Å². The molecule has 0 saturated heterocycles. The maximum atomic E-state index is 10.5. The van der Waals surface area contributed by atoms with Gasteiger partial charge in [0.25, 0.3) is 0 Å². The molecular formula is C11H14O2S. The molecule has 3 heteroatoms. The van der Waals surface area contributed by atoms with Crippen molar-refractivity contribution in [3.05, 3.63) is 29.8 Å². The molecule has 1 unspecified atom stereocenters. The predicted molar refractivity (Wildman–Crippen MR) is 58.9 cm³/mol. The zero-order valence-corrected chi connectivity index (χ0v) is 9.17. The van der Waals surface area contributed by atoms with Gasteiger partial charge in [0.1, 0.15) is 0 Å². The Kier molecular flexibility index (Phi) is 4.01. The number of hydrogen-bond donors (Lipinski definition) is 1. The molecule has 76 valence electrons. The van der Waals surface area contributed by atoms with E-state index in [0.29, 0.717) is 0 Å². The number of aliphatic carboxylic acids is 1. The Balaban J connectivity index is 2.71. The molecular weight excluding hydrogens is 196 g/mol. The summed E-state index contributed by atoms with van der Waals surface area (Å²) in [6.07, 6.45) is 2.22. The van der Waals surface area contributed by atoms with Gasteiger partial charge < -0.3 is 5.11 Å². The van der Waals surface area contributed by atoms with Crippen molar-refractivity contribution in [1.29, 1.82) is 0 Å². The minimum atomic E-state index is -0.744. The average molecular weight is 210 g/mol. The number of carboxylic acid groups (broad SMARTS) is 1. The Morgan fingerprint density at radius 3 is 2.43 bits per heavy atom. The first-order chi connectivity index (χ1) is 6.63. The lowest BCUT2D eigenvalue weighted by atomic mass is 9.98. The van der Waals surface area contributed by atoms with Gasteiger partial charge in [-0.2, -0.15) is 0 Å². The summed E-state index contributed by atoms with van der Waals surface area (Å²) in [7, 11) is 0. The molecule has 1 rings (SSSR count). The molecule has 0 fully saturated rings. The summed E-state index contributed by atoms with van der Waals surface area (Å²) in [5.74, 6) is -0.658. The molecule has 1 atom stereocenters. The van der Waals surface area contributed by atoms with Crippen LogP contribution >= 0.6 is 11.8 Å². The zero-order valence-electron chi connectivity index (χ0n) is 8.36. The van der Waals surface area contributed by atoms with E-state index in [0.717, 1.165) is 5.56 Å². The Morgan fingerprint density at radius 2 is 2.00 bits per heavy atom. The van der Waals surface area contributed by atoms with E-state index in [1.165, 1.54) is 4.90 Å². The van der Waals surface area contributed by atoms with Gasteiger partial charge in [0.15, 0.2) is 0 Å². The van der Waals surface area contributed by atoms with Crippen LogP contribution in [0.3, 0.4) is 0 Å². The minimum Gasteiger partial charge on any atom is -0.481 e. The molecule has 0 saturated carbocycles. The largest absolute Gasteiger partial charge is 0.481 e. The van der Waals surface area contributed by atoms with Crippen molar-refractivity contribution in [2.75, 3.05) is 6.26 Å². The number of thioether (sulfide) groups is 1. The molecule has 1 N–H and O–H groups in total. The van der Waals surface area contributed by atoms with Crippen LogP contribution in [0.15, 0.2) is 29.2 Å². The maximum absolute atomic E-state index is 10.5. The smallest absolute Gasteiger partial charge is 0.303 e. The molecule has 0 aliphatic carbocycles. The lowest BCUT2D eigenvalue weighted by Crippen LogP contribution is -2.02. The first-order valence-corrected chi connectivity index (χ1v) is 5.71. The van der Waals surface area contributed by atoms with Crippen LogP contribution in [0, 0.1) is 0 Å². The number of hydrogen-bond acceptors (Lipinski definition) is 2. The minimum absolute atomic E-state index is 0.0865. The summed E-state index contributed by atoms with van der Waals surface area (Å²) in [5.41, 5.74) is 1.09. The monoisotopic (exact) mass is 210 g/mol. The van der Waals surface area contributed by atoms with Crippen LogP contribution in [-0.2, 0) is 4.79 Å². The van der Waals surface area contributed by atoms with E-state index in [1.54, 1.807) is 11.8 Å². The predicted octanol–water partition coefficient (Wildman–Crippen LogP) is 2.99. The third kappa shape index (κ3) is 3.07. The standard InChI is InChI=1S/C11H14O2S/c1-8(7-11(12)13)9-3-5-10(14-2)6-4-9/h3-6,8H,7H2,1-2H3,(H,12,13). The summed E-state index contributed by atoms with van der Waals surface area (Å²) in [6.45, 7) is 1.93. The molecule has 0 aliphatic rings. The van der Waals surface area contributed by atoms with Gasteiger partial charge in [0.05, 0.1) is 6.42 Å². The van der Waals surface area contributed by atoms with Crippen LogP contribution in [0.5, 0.6) is 0 Å². The van der Waals surface area contributed by atoms with E-state index in [9.17, 15) is 4.79 Å². The Morgan fingerprint density at radius 1 is 1.43 bits per heavy atom. The first-order valence-electron chi connectivity index (χ1n) is 4.49. The molecule has 0 aromatic heterocycles. The van der Waals surface area contributed by atoms with Crippen molar-refractivity contribution in [1.82, 2.24) is 0 Å². The lowest BCUT2D eigenvalue weighted by Gasteiger charge is -2.09. The third-order valence-corrected chi connectivity index (χ3v) is 2.91. The van der Waals surface area contributed by atoms with Gasteiger partial charge in [-0.3, -0.25) is 4.79 Å². The fraction of sp³-hybridized carbons (Fsp3) is 0.364. The SMILES string of the molecule is CSc1ccc(C(C)CC(=O)O)cc1. The highest BCUT2D eigenvalue weighted by Crippen LogP contribution is 2.22. The summed E-state index contributed by atoms with van der Waals surface area (Å²) >= 11 is 1.69. The molecule has 2 nitrogen and oxygen atoms in total. The highest BCUT2D eigenvalue weighted by Gasteiger charge is 2.09. The van der Waals surface area contributed by atoms with E-state index in [2.05, 4.69) is 0 Å². The van der Waals surface area contributed by atoms with Gasteiger partial charge in [0, 0.05) is 4.90 Å². The van der Waals surface area contributed by atoms with Crippen molar-refractivity contribution in [2.45, 2.75) is 24.2 Å². The summed E-state index contributed by atoms with van der Waals surface area (Å²) in [4.78, 5) is 11.7. The lowest BCUT2D eigenvalue weighted by molar-refractivity contribution is -0.137. The third-order valence-electron chi connectivity index (χ3n) is 2.17. The average Bonchev–Trinajstić information content (AvgIpc) is 2.17. The van der Waals surface area contributed by atoms with E-state index in [1.807, 2.05) is 37.4 Å². The van der Waals surface area contributed by atoms with Crippen LogP contribution < -0.4 is 0 Å². The van der Waals surface area contributed by atoms with Crippen molar-refractivity contribution >= 4 is 17.7 Å². The first kappa shape index (κ1) is 11.1. The second kappa shape index (κ2) is 5.05. The fourth-order valence-corrected chi connectivity index (χ4v) is 1.72. The van der Waals surface area contributed by atoms with Crippen LogP contribution in [0.25, 0.3) is 0 Å². The Labute approximate surface area is 88.3 Å². The molecule has 1 aromatic rings. The molecule has 0 amide bonds. The van der Waals surface area contributed by atoms with E-state index < -0.39 is 5.97 Å². The van der Waals surface area contributed by atoms with Crippen LogP contribution in [-0.4, -0.2) is 17.3 Å². The number of rotatable bonds is 4. The van der Waals surface area contributed by atoms with Gasteiger partial charge >= 0.3 is 5.97 Å². The molecule has 0 heterocycles. The summed E-state index contributed by atoms with van der Waals surface area (Å²) in [5, 5.41) is 8.64. The number of carboxylic acids is 1. The molecule has 0 bridgehead atoms. The van der Waals surface area contributed by atoms with E-state index in [-0.39, 0.29) is 12.3 Å². The number of benzene rings is 1. The molecule has 0 radical (unpaired) electrons.